The van der Waals surface area contributed by atoms with Gasteiger partial charge >= 0.3 is 0 Å². The molecule has 0 aliphatic heterocycles. The zero-order chi connectivity index (χ0) is 10.7. The first kappa shape index (κ1) is 9.86. The van der Waals surface area contributed by atoms with Gasteiger partial charge in [0, 0.05) is 17.9 Å². The van der Waals surface area contributed by atoms with E-state index in [4.69, 9.17) is 9.47 Å². The van der Waals surface area contributed by atoms with Crippen molar-refractivity contribution in [1.82, 2.24) is 10.2 Å². The van der Waals surface area contributed by atoms with Gasteiger partial charge in [0.05, 0.1) is 25.6 Å². The quantitative estimate of drug-likeness (QED) is 0.764. The van der Waals surface area contributed by atoms with Crippen LogP contribution in [0.2, 0.25) is 0 Å². The van der Waals surface area contributed by atoms with Crippen LogP contribution in [-0.4, -0.2) is 24.4 Å². The first-order chi connectivity index (χ1) is 7.35. The Bertz CT molecular complexity index is 471. The second-order valence-electron chi connectivity index (χ2n) is 3.18. The molecule has 0 aliphatic rings. The molecule has 1 aromatic heterocycles. The monoisotopic (exact) mass is 204 g/mol. The average molecular weight is 204 g/mol. The van der Waals surface area contributed by atoms with Crippen molar-refractivity contribution in [3.8, 4) is 5.75 Å². The van der Waals surface area contributed by atoms with Gasteiger partial charge in [-0.25, -0.2) is 0 Å². The van der Waals surface area contributed by atoms with E-state index in [0.29, 0.717) is 6.61 Å². The SMILES string of the molecule is COCc1nncc2cc(OC)ccc12. The Kier molecular flexibility index (Phi) is 2.78. The molecule has 0 amide bonds. The molecule has 0 aliphatic carbocycles. The zero-order valence-electron chi connectivity index (χ0n) is 8.73. The maximum atomic E-state index is 5.14. The second kappa shape index (κ2) is 4.23. The van der Waals surface area contributed by atoms with E-state index in [1.165, 1.54) is 0 Å². The zero-order valence-corrected chi connectivity index (χ0v) is 8.73. The molecule has 15 heavy (non-hydrogen) atoms. The van der Waals surface area contributed by atoms with Crippen LogP contribution in [0, 0.1) is 0 Å². The molecule has 2 rings (SSSR count). The third kappa shape index (κ3) is 1.89. The molecular formula is C11H12N2O2. The normalized spacial score (nSPS) is 10.5. The number of hydrogen-bond acceptors (Lipinski definition) is 4. The summed E-state index contributed by atoms with van der Waals surface area (Å²) >= 11 is 0. The molecule has 0 bridgehead atoms. The van der Waals surface area contributed by atoms with Crippen LogP contribution >= 0.6 is 0 Å². The minimum absolute atomic E-state index is 0.469. The molecular weight excluding hydrogens is 192 g/mol. The summed E-state index contributed by atoms with van der Waals surface area (Å²) in [5, 5.41) is 10.0. The van der Waals surface area contributed by atoms with E-state index in [2.05, 4.69) is 10.2 Å². The van der Waals surface area contributed by atoms with Crippen LogP contribution in [-0.2, 0) is 11.3 Å². The summed E-state index contributed by atoms with van der Waals surface area (Å²) in [6.07, 6.45) is 1.72. The molecule has 0 radical (unpaired) electrons. The number of methoxy groups -OCH3 is 2. The highest BCUT2D eigenvalue weighted by Crippen LogP contribution is 2.21. The predicted octanol–water partition coefficient (Wildman–Crippen LogP) is 1.78. The highest BCUT2D eigenvalue weighted by Gasteiger charge is 2.03. The summed E-state index contributed by atoms with van der Waals surface area (Å²) < 4.78 is 10.2. The van der Waals surface area contributed by atoms with Crippen LogP contribution in [0.1, 0.15) is 5.69 Å². The Hall–Kier alpha value is -1.68. The molecule has 0 saturated carbocycles. The van der Waals surface area contributed by atoms with Crippen molar-refractivity contribution in [3.05, 3.63) is 30.1 Å². The lowest BCUT2D eigenvalue weighted by atomic mass is 10.1. The summed E-state index contributed by atoms with van der Waals surface area (Å²) in [4.78, 5) is 0. The number of ether oxygens (including phenoxy) is 2. The van der Waals surface area contributed by atoms with E-state index in [1.807, 2.05) is 18.2 Å². The molecule has 2 aromatic rings. The lowest BCUT2D eigenvalue weighted by Crippen LogP contribution is -1.96. The third-order valence-corrected chi connectivity index (χ3v) is 2.23. The van der Waals surface area contributed by atoms with E-state index in [1.54, 1.807) is 20.4 Å². The van der Waals surface area contributed by atoms with Crippen molar-refractivity contribution >= 4 is 10.8 Å². The lowest BCUT2D eigenvalue weighted by molar-refractivity contribution is 0.182. The lowest BCUT2D eigenvalue weighted by Gasteiger charge is -2.05. The van der Waals surface area contributed by atoms with Crippen LogP contribution in [0.3, 0.4) is 0 Å². The molecule has 0 spiro atoms. The Morgan fingerprint density at radius 1 is 1.27 bits per heavy atom. The summed E-state index contributed by atoms with van der Waals surface area (Å²) in [5.41, 5.74) is 0.845. The van der Waals surface area contributed by atoms with Crippen molar-refractivity contribution in [2.45, 2.75) is 6.61 Å². The standard InChI is InChI=1S/C11H12N2O2/c1-14-7-11-10-4-3-9(15-2)5-8(10)6-12-13-11/h3-6H,7H2,1-2H3. The molecule has 4 nitrogen and oxygen atoms in total. The van der Waals surface area contributed by atoms with E-state index in [9.17, 15) is 0 Å². The van der Waals surface area contributed by atoms with Crippen LogP contribution in [0.25, 0.3) is 10.8 Å². The first-order valence-corrected chi connectivity index (χ1v) is 4.62. The predicted molar refractivity (Wildman–Crippen MR) is 56.8 cm³/mol. The topological polar surface area (TPSA) is 44.2 Å². The Morgan fingerprint density at radius 2 is 2.13 bits per heavy atom. The number of hydrogen-bond donors (Lipinski definition) is 0. The van der Waals surface area contributed by atoms with Gasteiger partial charge in [0.2, 0.25) is 0 Å². The van der Waals surface area contributed by atoms with E-state index >= 15 is 0 Å². The number of rotatable bonds is 3. The highest BCUT2D eigenvalue weighted by atomic mass is 16.5. The fourth-order valence-corrected chi connectivity index (χ4v) is 1.50. The molecule has 78 valence electrons. The maximum absolute atomic E-state index is 5.14. The molecule has 0 unspecified atom stereocenters. The molecule has 4 heteroatoms. The van der Waals surface area contributed by atoms with Gasteiger partial charge < -0.3 is 9.47 Å². The van der Waals surface area contributed by atoms with Crippen LogP contribution in [0.5, 0.6) is 5.75 Å². The van der Waals surface area contributed by atoms with Gasteiger partial charge in [-0.15, -0.1) is 0 Å². The second-order valence-corrected chi connectivity index (χ2v) is 3.18. The maximum Gasteiger partial charge on any atom is 0.119 e. The van der Waals surface area contributed by atoms with Gasteiger partial charge in [0.1, 0.15) is 5.75 Å². The number of nitrogens with zero attached hydrogens (tertiary/aromatic N) is 2. The largest absolute Gasteiger partial charge is 0.497 e. The van der Waals surface area contributed by atoms with Gasteiger partial charge in [0.25, 0.3) is 0 Å². The van der Waals surface area contributed by atoms with Crippen LogP contribution in [0.4, 0.5) is 0 Å². The molecule has 0 saturated heterocycles. The summed E-state index contributed by atoms with van der Waals surface area (Å²) in [6, 6.07) is 5.81. The van der Waals surface area contributed by atoms with E-state index in [0.717, 1.165) is 22.2 Å². The molecule has 0 atom stereocenters. The van der Waals surface area contributed by atoms with Crippen LogP contribution in [0.15, 0.2) is 24.4 Å². The molecule has 1 aromatic carbocycles. The average Bonchev–Trinajstić information content (AvgIpc) is 2.29. The van der Waals surface area contributed by atoms with Gasteiger partial charge in [-0.2, -0.15) is 10.2 Å². The number of fused-ring (bicyclic) bond motifs is 1. The minimum Gasteiger partial charge on any atom is -0.497 e. The fraction of sp³-hybridized carbons (Fsp3) is 0.273. The summed E-state index contributed by atoms with van der Waals surface area (Å²) in [7, 11) is 3.29. The van der Waals surface area contributed by atoms with Crippen molar-refractivity contribution in [1.29, 1.82) is 0 Å². The smallest absolute Gasteiger partial charge is 0.119 e. The Morgan fingerprint density at radius 3 is 2.87 bits per heavy atom. The van der Waals surface area contributed by atoms with Crippen molar-refractivity contribution in [3.63, 3.8) is 0 Å². The van der Waals surface area contributed by atoms with Gasteiger partial charge in [-0.1, -0.05) is 0 Å². The van der Waals surface area contributed by atoms with E-state index in [-0.39, 0.29) is 0 Å². The fourth-order valence-electron chi connectivity index (χ4n) is 1.50. The van der Waals surface area contributed by atoms with Gasteiger partial charge in [0.15, 0.2) is 0 Å². The Balaban J connectivity index is 2.56. The molecule has 0 fully saturated rings. The summed E-state index contributed by atoms with van der Waals surface area (Å²) in [6.45, 7) is 0.469. The third-order valence-electron chi connectivity index (χ3n) is 2.23. The highest BCUT2D eigenvalue weighted by molar-refractivity contribution is 5.84. The Labute approximate surface area is 87.8 Å². The van der Waals surface area contributed by atoms with Crippen molar-refractivity contribution < 1.29 is 9.47 Å². The molecule has 0 N–H and O–H groups in total. The van der Waals surface area contributed by atoms with Gasteiger partial charge in [-0.05, 0) is 18.2 Å². The first-order valence-electron chi connectivity index (χ1n) is 4.62. The van der Waals surface area contributed by atoms with E-state index < -0.39 is 0 Å². The summed E-state index contributed by atoms with van der Waals surface area (Å²) in [5.74, 6) is 0.818. The number of benzene rings is 1. The van der Waals surface area contributed by atoms with Crippen LogP contribution < -0.4 is 4.74 Å². The molecule has 1 heterocycles. The number of aromatic nitrogens is 2. The van der Waals surface area contributed by atoms with Crippen molar-refractivity contribution in [2.24, 2.45) is 0 Å². The van der Waals surface area contributed by atoms with Crippen molar-refractivity contribution in [2.75, 3.05) is 14.2 Å². The van der Waals surface area contributed by atoms with Gasteiger partial charge in [-0.3, -0.25) is 0 Å². The minimum atomic E-state index is 0.469.